The van der Waals surface area contributed by atoms with Gasteiger partial charge in [-0.1, -0.05) is 38.5 Å². The number of hydrogen-bond acceptors (Lipinski definition) is 3. The Balaban J connectivity index is 0.00000392. The number of nitrogens with one attached hydrogen (secondary N) is 2. The monoisotopic (exact) mass is 421 g/mol. The molecule has 0 aromatic heterocycles. The molecule has 1 fully saturated rings. The van der Waals surface area contributed by atoms with Crippen molar-refractivity contribution < 1.29 is 22.8 Å². The molecule has 28 heavy (non-hydrogen) atoms. The molecule has 0 heterocycles. The summed E-state index contributed by atoms with van der Waals surface area (Å²) in [4.78, 5) is 23.8. The molecule has 1 aliphatic carbocycles. The zero-order valence-corrected chi connectivity index (χ0v) is 16.8. The number of amides is 2. The Kier molecular flexibility index (Phi) is 8.31. The van der Waals surface area contributed by atoms with Crippen molar-refractivity contribution in [3.05, 3.63) is 35.4 Å². The van der Waals surface area contributed by atoms with E-state index in [1.54, 1.807) is 19.9 Å². The standard InChI is InChI=1S/C19H26F3N3O2.ClH/c1-12(2)16(23)17(27)24-10-15(26)25-11-18(7-4-8-18)13-5-3-6-14(9-13)19(20,21)22;/h3,5-6,9,12,16H,4,7-8,10-11,23H2,1-2H3,(H,24,27)(H,25,26);1H/t16-;/m0./s1. The zero-order valence-electron chi connectivity index (χ0n) is 15.9. The highest BCUT2D eigenvalue weighted by molar-refractivity contribution is 5.87. The predicted octanol–water partition coefficient (Wildman–Crippen LogP) is 2.76. The molecule has 0 unspecified atom stereocenters. The summed E-state index contributed by atoms with van der Waals surface area (Å²) in [5, 5.41) is 5.21. The second kappa shape index (κ2) is 9.60. The molecule has 0 spiro atoms. The lowest BCUT2D eigenvalue weighted by atomic mass is 9.64. The summed E-state index contributed by atoms with van der Waals surface area (Å²) in [7, 11) is 0. The number of alkyl halides is 3. The van der Waals surface area contributed by atoms with E-state index in [0.29, 0.717) is 18.4 Å². The van der Waals surface area contributed by atoms with Crippen molar-refractivity contribution in [3.63, 3.8) is 0 Å². The molecule has 5 nitrogen and oxygen atoms in total. The molecule has 0 saturated heterocycles. The van der Waals surface area contributed by atoms with Gasteiger partial charge in [-0.15, -0.1) is 12.4 Å². The van der Waals surface area contributed by atoms with E-state index in [4.69, 9.17) is 5.73 Å². The molecule has 1 atom stereocenters. The van der Waals surface area contributed by atoms with Crippen molar-refractivity contribution in [2.75, 3.05) is 13.1 Å². The van der Waals surface area contributed by atoms with E-state index in [1.807, 2.05) is 0 Å². The van der Waals surface area contributed by atoms with Gasteiger partial charge >= 0.3 is 6.18 Å². The van der Waals surface area contributed by atoms with Crippen LogP contribution in [0.15, 0.2) is 24.3 Å². The van der Waals surface area contributed by atoms with E-state index in [-0.39, 0.29) is 31.4 Å². The molecule has 0 aliphatic heterocycles. The van der Waals surface area contributed by atoms with Crippen molar-refractivity contribution >= 4 is 24.2 Å². The van der Waals surface area contributed by atoms with Crippen LogP contribution < -0.4 is 16.4 Å². The van der Waals surface area contributed by atoms with Crippen LogP contribution in [0.3, 0.4) is 0 Å². The van der Waals surface area contributed by atoms with Crippen LogP contribution in [0.4, 0.5) is 13.2 Å². The fourth-order valence-corrected chi connectivity index (χ4v) is 3.11. The molecular weight excluding hydrogens is 395 g/mol. The minimum absolute atomic E-state index is 0. The van der Waals surface area contributed by atoms with Crippen molar-refractivity contribution in [1.82, 2.24) is 10.6 Å². The SMILES string of the molecule is CC(C)[C@H](N)C(=O)NCC(=O)NCC1(c2cccc(C(F)(F)F)c2)CCC1.Cl. The van der Waals surface area contributed by atoms with Crippen molar-refractivity contribution in [1.29, 1.82) is 0 Å². The van der Waals surface area contributed by atoms with E-state index in [2.05, 4.69) is 10.6 Å². The van der Waals surface area contributed by atoms with Gasteiger partial charge in [0, 0.05) is 12.0 Å². The normalized spacial score (nSPS) is 16.5. The third-order valence-electron chi connectivity index (χ3n) is 5.18. The average molecular weight is 422 g/mol. The van der Waals surface area contributed by atoms with Gasteiger partial charge in [0.15, 0.2) is 0 Å². The maximum Gasteiger partial charge on any atom is 0.416 e. The van der Waals surface area contributed by atoms with E-state index in [9.17, 15) is 22.8 Å². The first-order chi connectivity index (χ1) is 12.5. The van der Waals surface area contributed by atoms with Gasteiger partial charge in [-0.25, -0.2) is 0 Å². The van der Waals surface area contributed by atoms with Gasteiger partial charge in [-0.3, -0.25) is 9.59 Å². The van der Waals surface area contributed by atoms with Gasteiger partial charge in [0.05, 0.1) is 18.2 Å². The fraction of sp³-hybridized carbons (Fsp3) is 0.579. The van der Waals surface area contributed by atoms with Crippen LogP contribution in [0, 0.1) is 5.92 Å². The smallest absolute Gasteiger partial charge is 0.354 e. The van der Waals surface area contributed by atoms with Crippen molar-refractivity contribution in [2.45, 2.75) is 50.7 Å². The van der Waals surface area contributed by atoms with E-state index in [1.165, 1.54) is 6.07 Å². The molecule has 2 amide bonds. The first-order valence-corrected chi connectivity index (χ1v) is 9.03. The number of rotatable bonds is 7. The van der Waals surface area contributed by atoms with Crippen LogP contribution >= 0.6 is 12.4 Å². The van der Waals surface area contributed by atoms with Crippen LogP contribution in [0.5, 0.6) is 0 Å². The first kappa shape index (κ1) is 24.2. The van der Waals surface area contributed by atoms with Crippen LogP contribution in [0.25, 0.3) is 0 Å². The van der Waals surface area contributed by atoms with Gasteiger partial charge in [0.2, 0.25) is 11.8 Å². The fourth-order valence-electron chi connectivity index (χ4n) is 3.11. The summed E-state index contributed by atoms with van der Waals surface area (Å²) >= 11 is 0. The molecule has 9 heteroatoms. The number of carbonyl (C=O) groups is 2. The third-order valence-corrected chi connectivity index (χ3v) is 5.18. The quantitative estimate of drug-likeness (QED) is 0.633. The Morgan fingerprint density at radius 2 is 1.86 bits per heavy atom. The van der Waals surface area contributed by atoms with Gasteiger partial charge in [0.25, 0.3) is 0 Å². The number of benzene rings is 1. The third kappa shape index (κ3) is 5.85. The van der Waals surface area contributed by atoms with E-state index in [0.717, 1.165) is 18.6 Å². The summed E-state index contributed by atoms with van der Waals surface area (Å²) in [5.41, 5.74) is 5.11. The highest BCUT2D eigenvalue weighted by Gasteiger charge is 2.40. The summed E-state index contributed by atoms with van der Waals surface area (Å²) in [6.07, 6.45) is -2.09. The molecule has 1 aromatic rings. The van der Waals surface area contributed by atoms with Crippen molar-refractivity contribution in [3.8, 4) is 0 Å². The lowest BCUT2D eigenvalue weighted by Gasteiger charge is -2.43. The number of carbonyl (C=O) groups excluding carboxylic acids is 2. The molecule has 0 bridgehead atoms. The van der Waals surface area contributed by atoms with Crippen LogP contribution in [-0.2, 0) is 21.2 Å². The van der Waals surface area contributed by atoms with Crippen LogP contribution in [-0.4, -0.2) is 30.9 Å². The lowest BCUT2D eigenvalue weighted by Crippen LogP contribution is -2.50. The Morgan fingerprint density at radius 3 is 2.36 bits per heavy atom. The summed E-state index contributed by atoms with van der Waals surface area (Å²) < 4.78 is 38.9. The summed E-state index contributed by atoms with van der Waals surface area (Å²) in [5.74, 6) is -0.846. The minimum Gasteiger partial charge on any atom is -0.354 e. The Labute approximate surface area is 169 Å². The highest BCUT2D eigenvalue weighted by Crippen LogP contribution is 2.44. The van der Waals surface area contributed by atoms with Gasteiger partial charge in [-0.2, -0.15) is 13.2 Å². The van der Waals surface area contributed by atoms with Gasteiger partial charge in [-0.05, 0) is 30.4 Å². The maximum absolute atomic E-state index is 13.0. The van der Waals surface area contributed by atoms with Crippen LogP contribution in [0.1, 0.15) is 44.2 Å². The number of nitrogens with two attached hydrogens (primary N) is 1. The summed E-state index contributed by atoms with van der Waals surface area (Å²) in [6.45, 7) is 3.64. The predicted molar refractivity (Wildman–Crippen MR) is 103 cm³/mol. The second-order valence-corrected chi connectivity index (χ2v) is 7.48. The molecule has 0 radical (unpaired) electrons. The molecule has 2 rings (SSSR count). The average Bonchev–Trinajstić information content (AvgIpc) is 2.57. The van der Waals surface area contributed by atoms with Crippen LogP contribution in [0.2, 0.25) is 0 Å². The van der Waals surface area contributed by atoms with Gasteiger partial charge in [0.1, 0.15) is 0 Å². The van der Waals surface area contributed by atoms with E-state index >= 15 is 0 Å². The van der Waals surface area contributed by atoms with E-state index < -0.39 is 35.0 Å². The summed E-state index contributed by atoms with van der Waals surface area (Å²) in [6, 6.07) is 4.58. The molecule has 1 saturated carbocycles. The van der Waals surface area contributed by atoms with Crippen molar-refractivity contribution in [2.24, 2.45) is 11.7 Å². The zero-order chi connectivity index (χ0) is 20.2. The lowest BCUT2D eigenvalue weighted by molar-refractivity contribution is -0.137. The molecule has 1 aliphatic rings. The molecule has 4 N–H and O–H groups in total. The minimum atomic E-state index is -4.40. The molecular formula is C19H27ClF3N3O2. The first-order valence-electron chi connectivity index (χ1n) is 9.03. The van der Waals surface area contributed by atoms with Gasteiger partial charge < -0.3 is 16.4 Å². The highest BCUT2D eigenvalue weighted by atomic mass is 35.5. The Hall–Kier alpha value is -1.80. The topological polar surface area (TPSA) is 84.2 Å². The Bertz CT molecular complexity index is 691. The molecule has 1 aromatic carbocycles. The second-order valence-electron chi connectivity index (χ2n) is 7.48. The number of hydrogen-bond donors (Lipinski definition) is 3. The largest absolute Gasteiger partial charge is 0.416 e. The maximum atomic E-state index is 13.0. The number of halogens is 4. The molecule has 158 valence electrons. The Morgan fingerprint density at radius 1 is 1.21 bits per heavy atom.